The summed E-state index contributed by atoms with van der Waals surface area (Å²) in [7, 11) is 1.26. The van der Waals surface area contributed by atoms with Gasteiger partial charge in [-0.25, -0.2) is 4.79 Å². The van der Waals surface area contributed by atoms with Crippen molar-refractivity contribution in [3.05, 3.63) is 41.6 Å². The van der Waals surface area contributed by atoms with Gasteiger partial charge in [0, 0.05) is 24.4 Å². The van der Waals surface area contributed by atoms with Crippen LogP contribution in [0.3, 0.4) is 0 Å². The molecule has 2 aromatic rings. The molecular formula is C19H20F3NO4. The number of para-hydroxylation sites is 1. The van der Waals surface area contributed by atoms with Crippen molar-refractivity contribution in [2.24, 2.45) is 0 Å². The van der Waals surface area contributed by atoms with E-state index in [0.29, 0.717) is 30.1 Å². The van der Waals surface area contributed by atoms with Crippen molar-refractivity contribution in [2.45, 2.75) is 38.8 Å². The molecule has 2 heterocycles. The minimum Gasteiger partial charge on any atom is -0.465 e. The number of alkyl halides is 3. The van der Waals surface area contributed by atoms with E-state index < -0.39 is 12.3 Å². The first kappa shape index (κ1) is 19.3. The van der Waals surface area contributed by atoms with Crippen molar-refractivity contribution in [1.82, 2.24) is 4.57 Å². The Hall–Kier alpha value is -2.48. The van der Waals surface area contributed by atoms with Gasteiger partial charge < -0.3 is 18.8 Å². The van der Waals surface area contributed by atoms with E-state index in [1.165, 1.54) is 31.4 Å². The van der Waals surface area contributed by atoms with Gasteiger partial charge in [0.25, 0.3) is 0 Å². The Morgan fingerprint density at radius 1 is 1.33 bits per heavy atom. The molecule has 1 saturated heterocycles. The lowest BCUT2D eigenvalue weighted by Gasteiger charge is -2.18. The fourth-order valence-corrected chi connectivity index (χ4v) is 3.30. The van der Waals surface area contributed by atoms with Crippen molar-refractivity contribution >= 4 is 5.97 Å². The van der Waals surface area contributed by atoms with Crippen molar-refractivity contribution in [3.63, 3.8) is 0 Å². The second kappa shape index (κ2) is 7.64. The highest BCUT2D eigenvalue weighted by molar-refractivity contribution is 5.93. The molecule has 0 bridgehead atoms. The molecule has 0 spiro atoms. The van der Waals surface area contributed by atoms with Crippen LogP contribution < -0.4 is 4.74 Å². The molecule has 1 unspecified atom stereocenters. The molecule has 1 aromatic carbocycles. The van der Waals surface area contributed by atoms with Crippen LogP contribution in [0.2, 0.25) is 0 Å². The maximum Gasteiger partial charge on any atom is 0.573 e. The summed E-state index contributed by atoms with van der Waals surface area (Å²) in [5, 5.41) is 0. The van der Waals surface area contributed by atoms with Gasteiger partial charge in [-0.05, 0) is 38.0 Å². The zero-order valence-corrected chi connectivity index (χ0v) is 15.0. The maximum absolute atomic E-state index is 12.8. The van der Waals surface area contributed by atoms with Gasteiger partial charge in [-0.3, -0.25) is 0 Å². The highest BCUT2D eigenvalue weighted by atomic mass is 19.4. The first-order valence-electron chi connectivity index (χ1n) is 8.55. The topological polar surface area (TPSA) is 49.7 Å². The number of nitrogens with zero attached hydrogens (tertiary/aromatic N) is 1. The van der Waals surface area contributed by atoms with Crippen LogP contribution in [0.5, 0.6) is 5.75 Å². The molecule has 0 N–H and O–H groups in total. The van der Waals surface area contributed by atoms with Gasteiger partial charge in [-0.15, -0.1) is 13.2 Å². The summed E-state index contributed by atoms with van der Waals surface area (Å²) in [5.74, 6) is -0.874. The average Bonchev–Trinajstić information content (AvgIpc) is 3.23. The van der Waals surface area contributed by atoms with Gasteiger partial charge in [-0.1, -0.05) is 12.1 Å². The van der Waals surface area contributed by atoms with Crippen LogP contribution in [0.25, 0.3) is 11.3 Å². The standard InChI is InChI=1S/C19H20F3NO4/c1-12-15(18(24)25-2)10-16(23(12)11-13-6-5-9-26-13)14-7-3-4-8-17(14)27-19(20,21)22/h3-4,7-8,10,13H,5-6,9,11H2,1-2H3. The van der Waals surface area contributed by atoms with E-state index in [4.69, 9.17) is 9.47 Å². The number of esters is 1. The fourth-order valence-electron chi connectivity index (χ4n) is 3.30. The third-order valence-corrected chi connectivity index (χ3v) is 4.57. The van der Waals surface area contributed by atoms with Crippen LogP contribution in [-0.4, -0.2) is 36.7 Å². The number of carbonyl (C=O) groups excluding carboxylic acids is 1. The number of ether oxygens (including phenoxy) is 3. The van der Waals surface area contributed by atoms with Gasteiger partial charge in [0.15, 0.2) is 0 Å². The largest absolute Gasteiger partial charge is 0.573 e. The second-order valence-electron chi connectivity index (χ2n) is 6.31. The molecule has 3 rings (SSSR count). The summed E-state index contributed by atoms with van der Waals surface area (Å²) < 4.78 is 54.9. The van der Waals surface area contributed by atoms with E-state index >= 15 is 0 Å². The molecule has 0 radical (unpaired) electrons. The first-order chi connectivity index (χ1) is 12.8. The lowest BCUT2D eigenvalue weighted by Crippen LogP contribution is -2.19. The molecule has 1 fully saturated rings. The normalized spacial score (nSPS) is 17.1. The summed E-state index contributed by atoms with van der Waals surface area (Å²) in [6, 6.07) is 7.40. The lowest BCUT2D eigenvalue weighted by molar-refractivity contribution is -0.274. The summed E-state index contributed by atoms with van der Waals surface area (Å²) in [6.07, 6.45) is -3.10. The lowest BCUT2D eigenvalue weighted by atomic mass is 10.1. The van der Waals surface area contributed by atoms with Gasteiger partial charge in [-0.2, -0.15) is 0 Å². The molecule has 0 saturated carbocycles. The van der Waals surface area contributed by atoms with Crippen LogP contribution in [0, 0.1) is 6.92 Å². The Labute approximate surface area is 154 Å². The Morgan fingerprint density at radius 2 is 2.07 bits per heavy atom. The SMILES string of the molecule is COC(=O)c1cc(-c2ccccc2OC(F)(F)F)n(CC2CCCO2)c1C. The smallest absolute Gasteiger partial charge is 0.465 e. The zero-order chi connectivity index (χ0) is 19.6. The number of hydrogen-bond acceptors (Lipinski definition) is 4. The Morgan fingerprint density at radius 3 is 2.70 bits per heavy atom. The summed E-state index contributed by atoms with van der Waals surface area (Å²) >= 11 is 0. The molecule has 27 heavy (non-hydrogen) atoms. The second-order valence-corrected chi connectivity index (χ2v) is 6.31. The Balaban J connectivity index is 2.10. The van der Waals surface area contributed by atoms with Crippen molar-refractivity contribution < 1.29 is 32.2 Å². The monoisotopic (exact) mass is 383 g/mol. The van der Waals surface area contributed by atoms with E-state index in [1.807, 2.05) is 0 Å². The van der Waals surface area contributed by atoms with Gasteiger partial charge in [0.1, 0.15) is 5.75 Å². The molecule has 1 aromatic heterocycles. The van der Waals surface area contributed by atoms with Crippen LogP contribution in [0.1, 0.15) is 28.9 Å². The number of benzene rings is 1. The Bertz CT molecular complexity index is 823. The van der Waals surface area contributed by atoms with E-state index in [1.54, 1.807) is 17.6 Å². The number of aromatic nitrogens is 1. The third-order valence-electron chi connectivity index (χ3n) is 4.57. The van der Waals surface area contributed by atoms with Crippen molar-refractivity contribution in [1.29, 1.82) is 0 Å². The van der Waals surface area contributed by atoms with E-state index in [0.717, 1.165) is 12.8 Å². The van der Waals surface area contributed by atoms with Gasteiger partial charge in [0.05, 0.1) is 24.5 Å². The molecule has 5 nitrogen and oxygen atoms in total. The maximum atomic E-state index is 12.8. The summed E-state index contributed by atoms with van der Waals surface area (Å²) in [5.41, 5.74) is 1.59. The van der Waals surface area contributed by atoms with E-state index in [-0.39, 0.29) is 17.4 Å². The van der Waals surface area contributed by atoms with Crippen molar-refractivity contribution in [3.8, 4) is 17.0 Å². The molecule has 0 amide bonds. The Kier molecular flexibility index (Phi) is 5.46. The molecule has 8 heteroatoms. The highest BCUT2D eigenvalue weighted by Crippen LogP contribution is 2.36. The quantitative estimate of drug-likeness (QED) is 0.722. The van der Waals surface area contributed by atoms with E-state index in [2.05, 4.69) is 4.74 Å². The molecule has 1 aliphatic heterocycles. The van der Waals surface area contributed by atoms with Crippen LogP contribution in [0.4, 0.5) is 13.2 Å². The summed E-state index contributed by atoms with van der Waals surface area (Å²) in [6.45, 7) is 2.81. The van der Waals surface area contributed by atoms with Crippen molar-refractivity contribution in [2.75, 3.05) is 13.7 Å². The molecule has 146 valence electrons. The van der Waals surface area contributed by atoms with Gasteiger partial charge in [0.2, 0.25) is 0 Å². The number of hydrogen-bond donors (Lipinski definition) is 0. The van der Waals surface area contributed by atoms with Crippen LogP contribution >= 0.6 is 0 Å². The third kappa shape index (κ3) is 4.27. The number of halogens is 3. The predicted octanol–water partition coefficient (Wildman–Crippen LogP) is 4.33. The van der Waals surface area contributed by atoms with Crippen LogP contribution in [0.15, 0.2) is 30.3 Å². The number of methoxy groups -OCH3 is 1. The summed E-state index contributed by atoms with van der Waals surface area (Å²) in [4.78, 5) is 12.1. The predicted molar refractivity (Wildman–Crippen MR) is 91.6 cm³/mol. The molecular weight excluding hydrogens is 363 g/mol. The molecule has 1 aliphatic rings. The minimum atomic E-state index is -4.82. The number of carbonyl (C=O) groups is 1. The van der Waals surface area contributed by atoms with E-state index in [9.17, 15) is 18.0 Å². The first-order valence-corrected chi connectivity index (χ1v) is 8.55. The highest BCUT2D eigenvalue weighted by Gasteiger charge is 2.33. The van der Waals surface area contributed by atoms with Gasteiger partial charge >= 0.3 is 12.3 Å². The fraction of sp³-hybridized carbons (Fsp3) is 0.421. The molecule has 1 atom stereocenters. The number of rotatable bonds is 5. The zero-order valence-electron chi connectivity index (χ0n) is 15.0. The average molecular weight is 383 g/mol. The molecule has 0 aliphatic carbocycles. The minimum absolute atomic E-state index is 0.0592. The van der Waals surface area contributed by atoms with Crippen LogP contribution in [-0.2, 0) is 16.0 Å².